The Morgan fingerprint density at radius 1 is 1.32 bits per heavy atom. The number of esters is 1. The van der Waals surface area contributed by atoms with Crippen molar-refractivity contribution in [2.75, 3.05) is 32.1 Å². The summed E-state index contributed by atoms with van der Waals surface area (Å²) >= 11 is 7.47. The molecule has 1 atom stereocenters. The number of sulfonamides is 1. The standard InChI is InChI=1S/C24H23BClN5O4S2/c1-35-24(32)22-20(8-10-36-22)37(33,34)30-9-4-5-15(14-30)12-27-21-11-19(16-6-2-3-7-18(16)26)29-23-17(25)13-28-31(21)23/h2-3,6-8,10-11,13,15,27H,4-5,9,12,14H2,1H3. The van der Waals surface area contributed by atoms with Gasteiger partial charge in [0.15, 0.2) is 5.65 Å². The van der Waals surface area contributed by atoms with Crippen molar-refractivity contribution in [3.05, 3.63) is 57.9 Å². The molecule has 1 aliphatic heterocycles. The van der Waals surface area contributed by atoms with Crippen LogP contribution in [0.1, 0.15) is 22.5 Å². The van der Waals surface area contributed by atoms with Crippen molar-refractivity contribution < 1.29 is 17.9 Å². The molecule has 37 heavy (non-hydrogen) atoms. The van der Waals surface area contributed by atoms with E-state index in [-0.39, 0.29) is 15.7 Å². The molecule has 9 nitrogen and oxygen atoms in total. The molecular weight excluding hydrogens is 533 g/mol. The summed E-state index contributed by atoms with van der Waals surface area (Å²) in [6, 6.07) is 10.7. The summed E-state index contributed by atoms with van der Waals surface area (Å²) in [6.45, 7) is 1.21. The number of nitrogens with one attached hydrogen (secondary N) is 1. The predicted octanol–water partition coefficient (Wildman–Crippen LogP) is 3.20. The fourth-order valence-electron chi connectivity index (χ4n) is 4.45. The number of aromatic nitrogens is 3. The second-order valence-corrected chi connectivity index (χ2v) is 11.9. The van der Waals surface area contributed by atoms with Crippen molar-refractivity contribution >= 4 is 63.7 Å². The average molecular weight is 556 g/mol. The monoisotopic (exact) mass is 555 g/mol. The van der Waals surface area contributed by atoms with Gasteiger partial charge < -0.3 is 10.1 Å². The first kappa shape index (κ1) is 25.7. The van der Waals surface area contributed by atoms with Crippen molar-refractivity contribution in [1.82, 2.24) is 18.9 Å². The third-order valence-corrected chi connectivity index (χ3v) is 9.58. The Labute approximate surface area is 224 Å². The van der Waals surface area contributed by atoms with Gasteiger partial charge in [-0.2, -0.15) is 13.9 Å². The van der Waals surface area contributed by atoms with Crippen LogP contribution in [0, 0.1) is 5.92 Å². The van der Waals surface area contributed by atoms with Crippen LogP contribution in [0.4, 0.5) is 5.82 Å². The number of piperidine rings is 1. The lowest BCUT2D eigenvalue weighted by atomic mass is 9.99. The highest BCUT2D eigenvalue weighted by molar-refractivity contribution is 7.89. The Morgan fingerprint density at radius 3 is 2.92 bits per heavy atom. The summed E-state index contributed by atoms with van der Waals surface area (Å²) < 4.78 is 34.6. The van der Waals surface area contributed by atoms with E-state index in [1.807, 2.05) is 24.3 Å². The van der Waals surface area contributed by atoms with Gasteiger partial charge in [0.2, 0.25) is 10.0 Å². The molecule has 4 heterocycles. The van der Waals surface area contributed by atoms with Crippen molar-refractivity contribution in [3.8, 4) is 11.3 Å². The van der Waals surface area contributed by atoms with E-state index in [1.54, 1.807) is 22.2 Å². The van der Waals surface area contributed by atoms with Crippen molar-refractivity contribution in [2.24, 2.45) is 5.92 Å². The number of anilines is 1. The molecule has 13 heteroatoms. The molecule has 5 rings (SSSR count). The smallest absolute Gasteiger partial charge is 0.349 e. The maximum absolute atomic E-state index is 13.4. The molecular formula is C24H23BClN5O4S2. The number of carbonyl (C=O) groups is 1. The molecule has 0 amide bonds. The summed E-state index contributed by atoms with van der Waals surface area (Å²) in [6.07, 6.45) is 3.09. The molecule has 4 aromatic rings. The summed E-state index contributed by atoms with van der Waals surface area (Å²) in [5, 5.41) is 9.91. The molecule has 2 radical (unpaired) electrons. The fourth-order valence-corrected chi connectivity index (χ4v) is 7.55. The topological polar surface area (TPSA) is 106 Å². The van der Waals surface area contributed by atoms with Crippen LogP contribution >= 0.6 is 22.9 Å². The maximum Gasteiger partial charge on any atom is 0.349 e. The summed E-state index contributed by atoms with van der Waals surface area (Å²) in [5.74, 6) is 0.0457. The summed E-state index contributed by atoms with van der Waals surface area (Å²) in [7, 11) is 3.51. The lowest BCUT2D eigenvalue weighted by molar-refractivity contribution is 0.0602. The highest BCUT2D eigenvalue weighted by atomic mass is 35.5. The number of halogens is 1. The van der Waals surface area contributed by atoms with E-state index in [4.69, 9.17) is 24.2 Å². The third-order valence-electron chi connectivity index (χ3n) is 6.32. The first-order valence-corrected chi connectivity index (χ1v) is 14.3. The van der Waals surface area contributed by atoms with E-state index < -0.39 is 16.0 Å². The van der Waals surface area contributed by atoms with Crippen LogP contribution in [0.25, 0.3) is 16.9 Å². The van der Waals surface area contributed by atoms with Crippen LogP contribution in [0.5, 0.6) is 0 Å². The molecule has 3 aromatic heterocycles. The van der Waals surface area contributed by atoms with Crippen LogP contribution in [0.15, 0.2) is 52.9 Å². The molecule has 190 valence electrons. The molecule has 1 N–H and O–H groups in total. The van der Waals surface area contributed by atoms with E-state index in [0.29, 0.717) is 53.7 Å². The first-order chi connectivity index (χ1) is 17.8. The average Bonchev–Trinajstić information content (AvgIpc) is 3.55. The van der Waals surface area contributed by atoms with Crippen LogP contribution in [0.2, 0.25) is 5.02 Å². The van der Waals surface area contributed by atoms with E-state index >= 15 is 0 Å². The SMILES string of the molecule is [B]c1cnn2c(NCC3CCCN(S(=O)(=O)c4ccsc4C(=O)OC)C3)cc(-c3ccccc3Cl)nc12. The Kier molecular flexibility index (Phi) is 7.26. The lowest BCUT2D eigenvalue weighted by Crippen LogP contribution is -2.42. The molecule has 1 fully saturated rings. The lowest BCUT2D eigenvalue weighted by Gasteiger charge is -2.32. The number of fused-ring (bicyclic) bond motifs is 1. The number of nitrogens with zero attached hydrogens (tertiary/aromatic N) is 4. The van der Waals surface area contributed by atoms with Crippen LogP contribution in [-0.2, 0) is 14.8 Å². The van der Waals surface area contributed by atoms with Crippen LogP contribution < -0.4 is 10.8 Å². The molecule has 1 unspecified atom stereocenters. The van der Waals surface area contributed by atoms with Crippen molar-refractivity contribution in [3.63, 3.8) is 0 Å². The van der Waals surface area contributed by atoms with Gasteiger partial charge in [-0.15, -0.1) is 11.3 Å². The van der Waals surface area contributed by atoms with Gasteiger partial charge in [-0.1, -0.05) is 29.8 Å². The van der Waals surface area contributed by atoms with Gasteiger partial charge in [0.05, 0.1) is 12.8 Å². The second kappa shape index (κ2) is 10.4. The number of rotatable bonds is 7. The molecule has 1 saturated heterocycles. The van der Waals surface area contributed by atoms with E-state index in [9.17, 15) is 13.2 Å². The zero-order chi connectivity index (χ0) is 26.2. The minimum Gasteiger partial charge on any atom is -0.465 e. The number of thiophene rings is 1. The molecule has 1 aliphatic rings. The number of hydrogen-bond donors (Lipinski definition) is 1. The largest absolute Gasteiger partial charge is 0.465 e. The Hall–Kier alpha value is -2.93. The van der Waals surface area contributed by atoms with Gasteiger partial charge >= 0.3 is 5.97 Å². The fraction of sp³-hybridized carbons (Fsp3) is 0.292. The number of methoxy groups -OCH3 is 1. The Bertz CT molecular complexity index is 1570. The van der Waals surface area contributed by atoms with Gasteiger partial charge in [-0.3, -0.25) is 0 Å². The first-order valence-electron chi connectivity index (χ1n) is 11.6. The highest BCUT2D eigenvalue weighted by Gasteiger charge is 2.34. The van der Waals surface area contributed by atoms with E-state index in [0.717, 1.165) is 23.3 Å². The quantitative estimate of drug-likeness (QED) is 0.276. The maximum atomic E-state index is 13.4. The number of carbonyl (C=O) groups excluding carboxylic acids is 1. The van der Waals surface area contributed by atoms with Crippen LogP contribution in [0.3, 0.4) is 0 Å². The molecule has 1 aromatic carbocycles. The van der Waals surface area contributed by atoms with E-state index in [2.05, 4.69) is 15.4 Å². The van der Waals surface area contributed by atoms with Gasteiger partial charge in [0.1, 0.15) is 23.4 Å². The molecule has 0 saturated carbocycles. The zero-order valence-electron chi connectivity index (χ0n) is 19.9. The highest BCUT2D eigenvalue weighted by Crippen LogP contribution is 2.31. The summed E-state index contributed by atoms with van der Waals surface area (Å²) in [4.78, 5) is 16.8. The normalized spacial score (nSPS) is 16.6. The minimum absolute atomic E-state index is 0.00907. The van der Waals surface area contributed by atoms with Crippen LogP contribution in [-0.4, -0.2) is 67.9 Å². The van der Waals surface area contributed by atoms with E-state index in [1.165, 1.54) is 17.5 Å². The van der Waals surface area contributed by atoms with Crippen molar-refractivity contribution in [2.45, 2.75) is 17.7 Å². The Morgan fingerprint density at radius 2 is 2.14 bits per heavy atom. The van der Waals surface area contributed by atoms with Gasteiger partial charge in [0, 0.05) is 42.5 Å². The summed E-state index contributed by atoms with van der Waals surface area (Å²) in [5.41, 5.74) is 2.35. The zero-order valence-corrected chi connectivity index (χ0v) is 22.3. The number of ether oxygens (including phenoxy) is 1. The molecule has 0 spiro atoms. The van der Waals surface area contributed by atoms with Gasteiger partial charge in [0.25, 0.3) is 0 Å². The molecule has 0 bridgehead atoms. The van der Waals surface area contributed by atoms with Crippen molar-refractivity contribution in [1.29, 1.82) is 0 Å². The molecule has 0 aliphatic carbocycles. The number of hydrogen-bond acceptors (Lipinski definition) is 8. The Balaban J connectivity index is 1.37. The van der Waals surface area contributed by atoms with Gasteiger partial charge in [-0.05, 0) is 41.7 Å². The third kappa shape index (κ3) is 4.98. The number of benzene rings is 1. The predicted molar refractivity (Wildman–Crippen MR) is 144 cm³/mol. The second-order valence-electron chi connectivity index (χ2n) is 8.70. The van der Waals surface area contributed by atoms with Gasteiger partial charge in [-0.25, -0.2) is 18.2 Å². The minimum atomic E-state index is -3.84.